The molecular formula is C21H22FN3O6S. The number of halogens is 1. The Bertz CT molecular complexity index is 1150. The highest BCUT2D eigenvalue weighted by Gasteiger charge is 2.25. The summed E-state index contributed by atoms with van der Waals surface area (Å²) < 4.78 is 44.1. The van der Waals surface area contributed by atoms with Gasteiger partial charge in [-0.25, -0.2) is 17.8 Å². The number of nitrogens with one attached hydrogen (secondary N) is 1. The third kappa shape index (κ3) is 5.68. The van der Waals surface area contributed by atoms with Gasteiger partial charge in [0.25, 0.3) is 5.91 Å². The van der Waals surface area contributed by atoms with Gasteiger partial charge in [0.1, 0.15) is 18.1 Å². The van der Waals surface area contributed by atoms with Crippen molar-refractivity contribution in [3.05, 3.63) is 65.2 Å². The molecule has 11 heteroatoms. The average Bonchev–Trinajstić information content (AvgIpc) is 2.78. The van der Waals surface area contributed by atoms with Crippen LogP contribution in [0.5, 0.6) is 5.75 Å². The number of hydrogen-bond acceptors (Lipinski definition) is 7. The molecule has 0 unspecified atom stereocenters. The maximum Gasteiger partial charge on any atom is 0.325 e. The molecule has 2 aromatic rings. The highest BCUT2D eigenvalue weighted by molar-refractivity contribution is 7.88. The topological polar surface area (TPSA) is 126 Å². The molecule has 1 aliphatic rings. The lowest BCUT2D eigenvalue weighted by atomic mass is 10.0. The lowest BCUT2D eigenvalue weighted by Crippen LogP contribution is -2.35. The fourth-order valence-electron chi connectivity index (χ4n) is 3.16. The molecule has 0 saturated heterocycles. The second-order valence-electron chi connectivity index (χ2n) is 7.07. The number of rotatable bonds is 7. The number of carbonyl (C=O) groups excluding carboxylic acids is 2. The minimum atomic E-state index is -3.59. The Morgan fingerprint density at radius 3 is 2.59 bits per heavy atom. The second-order valence-corrected chi connectivity index (χ2v) is 9.04. The van der Waals surface area contributed by atoms with Crippen molar-refractivity contribution in [1.29, 1.82) is 0 Å². The number of aromatic hydroxyl groups is 1. The highest BCUT2D eigenvalue weighted by atomic mass is 32.2. The second kappa shape index (κ2) is 9.88. The van der Waals surface area contributed by atoms with E-state index < -0.39 is 27.7 Å². The first-order valence-electron chi connectivity index (χ1n) is 9.65. The van der Waals surface area contributed by atoms with Crippen molar-refractivity contribution in [2.45, 2.75) is 12.2 Å². The third-order valence-electron chi connectivity index (χ3n) is 4.90. The van der Waals surface area contributed by atoms with Gasteiger partial charge in [0.2, 0.25) is 10.0 Å². The first-order valence-corrected chi connectivity index (χ1v) is 11.3. The molecule has 1 amide bonds. The van der Waals surface area contributed by atoms with Gasteiger partial charge in [0.05, 0.1) is 12.9 Å². The van der Waals surface area contributed by atoms with Crippen molar-refractivity contribution < 1.29 is 32.2 Å². The van der Waals surface area contributed by atoms with E-state index in [2.05, 4.69) is 15.0 Å². The van der Waals surface area contributed by atoms with Gasteiger partial charge in [-0.3, -0.25) is 9.59 Å². The molecule has 3 rings (SSSR count). The predicted octanol–water partition coefficient (Wildman–Crippen LogP) is 1.45. The molecule has 1 aromatic carbocycles. The Kier molecular flexibility index (Phi) is 7.21. The number of carbonyl (C=O) groups is 2. The first kappa shape index (κ1) is 23.4. The molecular weight excluding hydrogens is 441 g/mol. The molecule has 2 heterocycles. The van der Waals surface area contributed by atoms with Gasteiger partial charge in [-0.05, 0) is 41.3 Å². The first-order chi connectivity index (χ1) is 15.2. The SMILES string of the molecule is COC(=O)CNC(=O)c1ncc(C2=CCN(S(=O)(=O)Cc3ccc(F)cc3)CC2)cc1O. The van der Waals surface area contributed by atoms with E-state index in [1.54, 1.807) is 6.08 Å². The third-order valence-corrected chi connectivity index (χ3v) is 6.72. The lowest BCUT2D eigenvalue weighted by Gasteiger charge is -2.26. The smallest absolute Gasteiger partial charge is 0.325 e. The van der Waals surface area contributed by atoms with E-state index in [1.807, 2.05) is 0 Å². The number of ether oxygens (including phenoxy) is 1. The lowest BCUT2D eigenvalue weighted by molar-refractivity contribution is -0.139. The van der Waals surface area contributed by atoms with Crippen LogP contribution < -0.4 is 5.32 Å². The van der Waals surface area contributed by atoms with Crippen molar-refractivity contribution >= 4 is 27.5 Å². The van der Waals surface area contributed by atoms with Crippen LogP contribution in [0.2, 0.25) is 0 Å². The summed E-state index contributed by atoms with van der Waals surface area (Å²) in [5.74, 6) is -2.39. The van der Waals surface area contributed by atoms with Gasteiger partial charge in [0.15, 0.2) is 5.69 Å². The Hall–Kier alpha value is -3.31. The maximum absolute atomic E-state index is 13.0. The number of nitrogens with zero attached hydrogens (tertiary/aromatic N) is 2. The van der Waals surface area contributed by atoms with E-state index >= 15 is 0 Å². The Labute approximate surface area is 184 Å². The molecule has 0 spiro atoms. The van der Waals surface area contributed by atoms with Crippen molar-refractivity contribution in [1.82, 2.24) is 14.6 Å². The van der Waals surface area contributed by atoms with E-state index in [0.717, 1.165) is 5.57 Å². The van der Waals surface area contributed by atoms with Gasteiger partial charge < -0.3 is 15.2 Å². The van der Waals surface area contributed by atoms with Gasteiger partial charge in [-0.2, -0.15) is 4.31 Å². The zero-order chi connectivity index (χ0) is 23.3. The number of pyridine rings is 1. The highest BCUT2D eigenvalue weighted by Crippen LogP contribution is 2.27. The van der Waals surface area contributed by atoms with E-state index in [-0.39, 0.29) is 36.8 Å². The molecule has 1 aliphatic heterocycles. The van der Waals surface area contributed by atoms with Crippen LogP contribution in [0.4, 0.5) is 4.39 Å². The number of benzene rings is 1. The molecule has 9 nitrogen and oxygen atoms in total. The number of amides is 1. The van der Waals surface area contributed by atoms with Crippen LogP contribution in [-0.4, -0.2) is 61.4 Å². The molecule has 1 aromatic heterocycles. The standard InChI is InChI=1S/C21H22FN3O6S/c1-31-19(27)12-24-21(28)20-18(26)10-16(11-23-20)15-6-8-25(9-7-15)32(29,30)13-14-2-4-17(22)5-3-14/h2-6,10-11,26H,7-9,12-13H2,1H3,(H,24,28). The van der Waals surface area contributed by atoms with Gasteiger partial charge >= 0.3 is 5.97 Å². The summed E-state index contributed by atoms with van der Waals surface area (Å²) in [6.07, 6.45) is 3.51. The summed E-state index contributed by atoms with van der Waals surface area (Å²) in [4.78, 5) is 27.1. The Morgan fingerprint density at radius 1 is 1.28 bits per heavy atom. The van der Waals surface area contributed by atoms with Crippen molar-refractivity contribution in [2.24, 2.45) is 0 Å². The number of esters is 1. The fourth-order valence-corrected chi connectivity index (χ4v) is 4.63. The van der Waals surface area contributed by atoms with E-state index in [4.69, 9.17) is 0 Å². The molecule has 0 bridgehead atoms. The summed E-state index contributed by atoms with van der Waals surface area (Å²) in [7, 11) is -2.40. The Balaban J connectivity index is 1.66. The van der Waals surface area contributed by atoms with Crippen molar-refractivity contribution in [3.63, 3.8) is 0 Å². The molecule has 2 N–H and O–H groups in total. The largest absolute Gasteiger partial charge is 0.505 e. The molecule has 0 aliphatic carbocycles. The molecule has 32 heavy (non-hydrogen) atoms. The fraction of sp³-hybridized carbons (Fsp3) is 0.286. The monoisotopic (exact) mass is 463 g/mol. The van der Waals surface area contributed by atoms with E-state index in [9.17, 15) is 27.5 Å². The normalized spacial score (nSPS) is 14.5. The van der Waals surface area contributed by atoms with Crippen molar-refractivity contribution in [3.8, 4) is 5.75 Å². The van der Waals surface area contributed by atoms with E-state index in [1.165, 1.54) is 47.9 Å². The molecule has 170 valence electrons. The molecule has 0 fully saturated rings. The number of hydrogen-bond donors (Lipinski definition) is 2. The zero-order valence-electron chi connectivity index (χ0n) is 17.2. The van der Waals surface area contributed by atoms with Gasteiger partial charge in [0, 0.05) is 19.3 Å². The van der Waals surface area contributed by atoms with Crippen molar-refractivity contribution in [2.75, 3.05) is 26.7 Å². The van der Waals surface area contributed by atoms with Crippen LogP contribution in [-0.2, 0) is 25.3 Å². The summed E-state index contributed by atoms with van der Waals surface area (Å²) in [6, 6.07) is 6.69. The van der Waals surface area contributed by atoms with E-state index in [0.29, 0.717) is 17.5 Å². The van der Waals surface area contributed by atoms with Gasteiger partial charge in [-0.1, -0.05) is 18.2 Å². The minimum absolute atomic E-state index is 0.140. The van der Waals surface area contributed by atoms with Crippen LogP contribution >= 0.6 is 0 Å². The van der Waals surface area contributed by atoms with Crippen LogP contribution in [0.3, 0.4) is 0 Å². The van der Waals surface area contributed by atoms with Gasteiger partial charge in [-0.15, -0.1) is 0 Å². The maximum atomic E-state index is 13.0. The minimum Gasteiger partial charge on any atom is -0.505 e. The average molecular weight is 463 g/mol. The summed E-state index contributed by atoms with van der Waals surface area (Å²) in [6.45, 7) is 0.0179. The van der Waals surface area contributed by atoms with Crippen LogP contribution in [0.25, 0.3) is 5.57 Å². The predicted molar refractivity (Wildman–Crippen MR) is 113 cm³/mol. The summed E-state index contributed by atoms with van der Waals surface area (Å²) >= 11 is 0. The van der Waals surface area contributed by atoms with Crippen LogP contribution in [0, 0.1) is 5.82 Å². The zero-order valence-corrected chi connectivity index (χ0v) is 18.1. The molecule has 0 radical (unpaired) electrons. The quantitative estimate of drug-likeness (QED) is 0.595. The summed E-state index contributed by atoms with van der Waals surface area (Å²) in [5.41, 5.74) is 1.60. The Morgan fingerprint density at radius 2 is 2.00 bits per heavy atom. The molecule has 0 saturated carbocycles. The number of sulfonamides is 1. The number of aromatic nitrogens is 1. The van der Waals surface area contributed by atoms with Crippen LogP contribution in [0.15, 0.2) is 42.6 Å². The van der Waals surface area contributed by atoms with Crippen LogP contribution in [0.1, 0.15) is 28.0 Å². The number of methoxy groups -OCH3 is 1. The summed E-state index contributed by atoms with van der Waals surface area (Å²) in [5, 5.41) is 12.5. The molecule has 0 atom stereocenters.